The van der Waals surface area contributed by atoms with Crippen molar-refractivity contribution in [3.8, 4) is 38.8 Å². The second-order valence-corrected chi connectivity index (χ2v) is 6.89. The van der Waals surface area contributed by atoms with Crippen LogP contribution in [0.2, 0.25) is 0 Å². The number of carbonyl (C=O) groups is 1. The third-order valence-electron chi connectivity index (χ3n) is 4.28. The number of pyridine rings is 1. The summed E-state index contributed by atoms with van der Waals surface area (Å²) in [5.74, 6) is -0.600. The van der Waals surface area contributed by atoms with Crippen LogP contribution in [0.1, 0.15) is 10.5 Å². The second-order valence-electron chi connectivity index (χ2n) is 6.03. The number of nitrogens with zero attached hydrogens (tertiary/aromatic N) is 2. The zero-order valence-electron chi connectivity index (χ0n) is 15.0. The molecule has 28 heavy (non-hydrogen) atoms. The van der Waals surface area contributed by atoms with Gasteiger partial charge in [0.15, 0.2) is 0 Å². The molecule has 138 valence electrons. The first-order valence-corrected chi connectivity index (χ1v) is 9.44. The molecule has 4 aromatic rings. The van der Waals surface area contributed by atoms with Gasteiger partial charge in [0.2, 0.25) is 0 Å². The molecule has 0 atom stereocenters. The van der Waals surface area contributed by atoms with Crippen molar-refractivity contribution in [2.75, 3.05) is 7.11 Å². The third-order valence-corrected chi connectivity index (χ3v) is 5.17. The maximum atomic E-state index is 11.2. The molecule has 0 saturated carbocycles. The van der Waals surface area contributed by atoms with Gasteiger partial charge in [-0.15, -0.1) is 11.3 Å². The molecule has 2 heterocycles. The molecular formula is C22H16N2O3S. The number of hydrogen-bond acceptors (Lipinski definition) is 5. The number of rotatable bonds is 5. The van der Waals surface area contributed by atoms with Crippen LogP contribution in [0.3, 0.4) is 0 Å². The number of carboxylic acids is 1. The molecule has 0 fully saturated rings. The van der Waals surface area contributed by atoms with E-state index in [4.69, 9.17) is 4.74 Å². The largest absolute Gasteiger partial charge is 0.494 e. The molecule has 4 rings (SSSR count). The molecule has 0 amide bonds. The van der Waals surface area contributed by atoms with Crippen LogP contribution in [-0.4, -0.2) is 28.2 Å². The van der Waals surface area contributed by atoms with Gasteiger partial charge in [-0.05, 0) is 23.3 Å². The summed E-state index contributed by atoms with van der Waals surface area (Å²) in [5.41, 5.74) is 4.26. The lowest BCUT2D eigenvalue weighted by Gasteiger charge is -2.06. The van der Waals surface area contributed by atoms with Crippen LogP contribution in [0.25, 0.3) is 33.1 Å². The summed E-state index contributed by atoms with van der Waals surface area (Å²) in [6.07, 6.45) is 0. The van der Waals surface area contributed by atoms with Crippen molar-refractivity contribution in [1.29, 1.82) is 0 Å². The molecule has 0 bridgehead atoms. The minimum atomic E-state index is -1.09. The van der Waals surface area contributed by atoms with Crippen LogP contribution in [0, 0.1) is 0 Å². The van der Waals surface area contributed by atoms with Crippen LogP contribution >= 0.6 is 11.3 Å². The Hall–Kier alpha value is -3.51. The van der Waals surface area contributed by atoms with E-state index < -0.39 is 5.97 Å². The Labute approximate surface area is 165 Å². The Balaban J connectivity index is 1.67. The van der Waals surface area contributed by atoms with Crippen LogP contribution in [0.5, 0.6) is 5.75 Å². The van der Waals surface area contributed by atoms with Crippen molar-refractivity contribution in [3.63, 3.8) is 0 Å². The van der Waals surface area contributed by atoms with E-state index in [1.165, 1.54) is 24.5 Å². The van der Waals surface area contributed by atoms with Gasteiger partial charge in [0.05, 0.1) is 7.11 Å². The lowest BCUT2D eigenvalue weighted by Crippen LogP contribution is -2.02. The second kappa shape index (κ2) is 7.62. The van der Waals surface area contributed by atoms with Crippen LogP contribution in [0.15, 0.2) is 72.1 Å². The zero-order chi connectivity index (χ0) is 19.5. The smallest absolute Gasteiger partial charge is 0.354 e. The number of carboxylic acid groups (broad SMARTS) is 1. The van der Waals surface area contributed by atoms with Gasteiger partial charge in [-0.3, -0.25) is 0 Å². The molecule has 0 unspecified atom stereocenters. The molecule has 0 aliphatic rings. The zero-order valence-corrected chi connectivity index (χ0v) is 15.8. The third kappa shape index (κ3) is 3.50. The van der Waals surface area contributed by atoms with Crippen molar-refractivity contribution in [2.45, 2.75) is 0 Å². The van der Waals surface area contributed by atoms with E-state index in [1.54, 1.807) is 6.07 Å². The summed E-state index contributed by atoms with van der Waals surface area (Å²) in [5, 5.41) is 11.9. The Morgan fingerprint density at radius 3 is 2.25 bits per heavy atom. The SMILES string of the molecule is COc1ccc(C(=O)O)nc1-c1csc(-c2ccc(-c3ccccc3)cc2)n1. The van der Waals surface area contributed by atoms with Crippen LogP contribution in [0.4, 0.5) is 0 Å². The van der Waals surface area contributed by atoms with E-state index in [9.17, 15) is 9.90 Å². The molecule has 0 spiro atoms. The Kier molecular flexibility index (Phi) is 4.87. The van der Waals surface area contributed by atoms with Crippen LogP contribution < -0.4 is 4.74 Å². The number of aromatic carboxylic acids is 1. The van der Waals surface area contributed by atoms with E-state index in [1.807, 2.05) is 35.7 Å². The molecule has 0 radical (unpaired) electrons. The van der Waals surface area contributed by atoms with E-state index in [-0.39, 0.29) is 5.69 Å². The highest BCUT2D eigenvalue weighted by atomic mass is 32.1. The Morgan fingerprint density at radius 2 is 1.57 bits per heavy atom. The fraction of sp³-hybridized carbons (Fsp3) is 0.0455. The fourth-order valence-corrected chi connectivity index (χ4v) is 3.68. The predicted molar refractivity (Wildman–Crippen MR) is 110 cm³/mol. The average Bonchev–Trinajstić information content (AvgIpc) is 3.24. The number of aromatic nitrogens is 2. The van der Waals surface area contributed by atoms with Crippen LogP contribution in [-0.2, 0) is 0 Å². The van der Waals surface area contributed by atoms with Crippen molar-refractivity contribution < 1.29 is 14.6 Å². The van der Waals surface area contributed by atoms with Gasteiger partial charge in [-0.1, -0.05) is 54.6 Å². The molecule has 0 aliphatic carbocycles. The van der Waals surface area contributed by atoms with Crippen molar-refractivity contribution in [2.24, 2.45) is 0 Å². The topological polar surface area (TPSA) is 72.3 Å². The number of benzene rings is 2. The molecule has 0 saturated heterocycles. The first kappa shape index (κ1) is 17.9. The number of hydrogen-bond donors (Lipinski definition) is 1. The Morgan fingerprint density at radius 1 is 0.893 bits per heavy atom. The molecule has 6 heteroatoms. The highest BCUT2D eigenvalue weighted by molar-refractivity contribution is 7.13. The maximum Gasteiger partial charge on any atom is 0.354 e. The molecule has 5 nitrogen and oxygen atoms in total. The minimum Gasteiger partial charge on any atom is -0.494 e. The number of thiazole rings is 1. The first-order valence-electron chi connectivity index (χ1n) is 8.56. The highest BCUT2D eigenvalue weighted by Crippen LogP contribution is 2.33. The van der Waals surface area contributed by atoms with Crippen molar-refractivity contribution in [1.82, 2.24) is 9.97 Å². The summed E-state index contributed by atoms with van der Waals surface area (Å²) >= 11 is 1.48. The minimum absolute atomic E-state index is 0.0439. The standard InChI is InChI=1S/C22H16N2O3S/c1-27-19-12-11-17(22(25)26)23-20(19)18-13-28-21(24-18)16-9-7-15(8-10-16)14-5-3-2-4-6-14/h2-13H,1H3,(H,25,26). The van der Waals surface area contributed by atoms with E-state index in [2.05, 4.69) is 34.2 Å². The average molecular weight is 388 g/mol. The summed E-state index contributed by atoms with van der Waals surface area (Å²) in [7, 11) is 1.52. The highest BCUT2D eigenvalue weighted by Gasteiger charge is 2.16. The van der Waals surface area contributed by atoms with E-state index in [0.717, 1.165) is 21.7 Å². The van der Waals surface area contributed by atoms with Gasteiger partial charge in [-0.2, -0.15) is 0 Å². The number of ether oxygens (including phenoxy) is 1. The summed E-state index contributed by atoms with van der Waals surface area (Å²) < 4.78 is 5.32. The first-order chi connectivity index (χ1) is 13.7. The molecule has 0 aliphatic heterocycles. The fourth-order valence-electron chi connectivity index (χ4n) is 2.86. The summed E-state index contributed by atoms with van der Waals surface area (Å²) in [6.45, 7) is 0. The summed E-state index contributed by atoms with van der Waals surface area (Å²) in [4.78, 5) is 20.1. The maximum absolute atomic E-state index is 11.2. The van der Waals surface area contributed by atoms with Gasteiger partial charge in [0.1, 0.15) is 27.8 Å². The predicted octanol–water partition coefficient (Wildman–Crippen LogP) is 5.25. The van der Waals surface area contributed by atoms with Gasteiger partial charge >= 0.3 is 5.97 Å². The normalized spacial score (nSPS) is 10.6. The molecule has 2 aromatic heterocycles. The number of methoxy groups -OCH3 is 1. The lowest BCUT2D eigenvalue weighted by atomic mass is 10.0. The Bertz CT molecular complexity index is 1120. The quantitative estimate of drug-likeness (QED) is 0.506. The molecule has 1 N–H and O–H groups in total. The van der Waals surface area contributed by atoms with Gasteiger partial charge in [-0.25, -0.2) is 14.8 Å². The lowest BCUT2D eigenvalue weighted by molar-refractivity contribution is 0.0690. The van der Waals surface area contributed by atoms with Crippen molar-refractivity contribution >= 4 is 17.3 Å². The van der Waals surface area contributed by atoms with Gasteiger partial charge in [0.25, 0.3) is 0 Å². The monoisotopic (exact) mass is 388 g/mol. The van der Waals surface area contributed by atoms with Gasteiger partial charge < -0.3 is 9.84 Å². The van der Waals surface area contributed by atoms with E-state index >= 15 is 0 Å². The van der Waals surface area contributed by atoms with Crippen molar-refractivity contribution in [3.05, 3.63) is 77.8 Å². The van der Waals surface area contributed by atoms with Gasteiger partial charge in [0, 0.05) is 10.9 Å². The molecular weight excluding hydrogens is 372 g/mol. The molecule has 2 aromatic carbocycles. The van der Waals surface area contributed by atoms with E-state index in [0.29, 0.717) is 17.1 Å². The summed E-state index contributed by atoms with van der Waals surface area (Å²) in [6, 6.07) is 21.4.